The average Bonchev–Trinajstić information content (AvgIpc) is 2.16. The smallest absolute Gasteiger partial charge is 0.328 e. The zero-order valence-electron chi connectivity index (χ0n) is 8.23. The number of carboxylic acids is 1. The molecule has 15 heavy (non-hydrogen) atoms. The molecule has 3 N–H and O–H groups in total. The summed E-state index contributed by atoms with van der Waals surface area (Å²) < 4.78 is 0. The number of rotatable bonds is 3. The monoisotopic (exact) mass is 205 g/mol. The number of ketones is 1. The van der Waals surface area contributed by atoms with Crippen molar-refractivity contribution in [2.75, 3.05) is 5.73 Å². The van der Waals surface area contributed by atoms with E-state index in [1.54, 1.807) is 18.2 Å². The fourth-order valence-corrected chi connectivity index (χ4v) is 1.15. The van der Waals surface area contributed by atoms with Gasteiger partial charge in [-0.2, -0.15) is 0 Å². The number of hydrogen-bond donors (Lipinski definition) is 2. The van der Waals surface area contributed by atoms with Crippen molar-refractivity contribution < 1.29 is 14.7 Å². The molecule has 0 aromatic heterocycles. The Kier molecular flexibility index (Phi) is 3.23. The van der Waals surface area contributed by atoms with Gasteiger partial charge in [-0.15, -0.1) is 0 Å². The first kappa shape index (κ1) is 11.0. The van der Waals surface area contributed by atoms with Crippen molar-refractivity contribution in [3.8, 4) is 0 Å². The number of Topliss-reactive ketones (excluding diaryl/α,β-unsaturated/α-hetero) is 1. The van der Waals surface area contributed by atoms with Crippen molar-refractivity contribution in [3.63, 3.8) is 0 Å². The number of carbonyl (C=O) groups is 2. The summed E-state index contributed by atoms with van der Waals surface area (Å²) in [7, 11) is 0. The number of anilines is 1. The van der Waals surface area contributed by atoms with Crippen molar-refractivity contribution >= 4 is 23.5 Å². The predicted octanol–water partition coefficient (Wildman–Crippen LogP) is 1.57. The summed E-state index contributed by atoms with van der Waals surface area (Å²) in [5.41, 5.74) is 7.02. The van der Waals surface area contributed by atoms with Crippen molar-refractivity contribution in [1.82, 2.24) is 0 Å². The summed E-state index contributed by atoms with van der Waals surface area (Å²) in [6.45, 7) is 1.41. The van der Waals surface area contributed by atoms with E-state index in [2.05, 4.69) is 0 Å². The standard InChI is InChI=1S/C11H11NO3/c1-7(13)9-6-8(2-4-10(9)12)3-5-11(14)15/h2-6H,12H2,1H3,(H,14,15)/b5-3+. The van der Waals surface area contributed by atoms with Crippen LogP contribution in [-0.4, -0.2) is 16.9 Å². The fraction of sp³-hybridized carbons (Fsp3) is 0.0909. The van der Waals surface area contributed by atoms with E-state index in [4.69, 9.17) is 10.8 Å². The summed E-state index contributed by atoms with van der Waals surface area (Å²) in [5, 5.41) is 8.43. The second-order valence-electron chi connectivity index (χ2n) is 3.07. The van der Waals surface area contributed by atoms with Crippen molar-refractivity contribution in [2.45, 2.75) is 6.92 Å². The first-order valence-electron chi connectivity index (χ1n) is 4.32. The van der Waals surface area contributed by atoms with Crippen LogP contribution < -0.4 is 5.73 Å². The molecule has 0 spiro atoms. The lowest BCUT2D eigenvalue weighted by Gasteiger charge is -2.02. The molecule has 0 aliphatic heterocycles. The van der Waals surface area contributed by atoms with E-state index in [1.807, 2.05) is 0 Å². The highest BCUT2D eigenvalue weighted by atomic mass is 16.4. The van der Waals surface area contributed by atoms with Gasteiger partial charge in [-0.05, 0) is 30.7 Å². The largest absolute Gasteiger partial charge is 0.478 e. The Bertz CT molecular complexity index is 435. The zero-order valence-corrected chi connectivity index (χ0v) is 8.23. The maximum Gasteiger partial charge on any atom is 0.328 e. The molecule has 1 aromatic carbocycles. The van der Waals surface area contributed by atoms with Gasteiger partial charge in [0.15, 0.2) is 5.78 Å². The molecular formula is C11H11NO3. The number of benzene rings is 1. The topological polar surface area (TPSA) is 80.4 Å². The summed E-state index contributed by atoms with van der Waals surface area (Å²) >= 11 is 0. The molecule has 0 amide bonds. The summed E-state index contributed by atoms with van der Waals surface area (Å²) in [6.07, 6.45) is 2.42. The number of aliphatic carboxylic acids is 1. The Morgan fingerprint density at radius 2 is 2.07 bits per heavy atom. The van der Waals surface area contributed by atoms with Crippen molar-refractivity contribution in [2.24, 2.45) is 0 Å². The van der Waals surface area contributed by atoms with E-state index in [0.717, 1.165) is 6.08 Å². The van der Waals surface area contributed by atoms with Crippen LogP contribution in [0.25, 0.3) is 6.08 Å². The number of nitrogen functional groups attached to an aromatic ring is 1. The van der Waals surface area contributed by atoms with Crippen molar-refractivity contribution in [3.05, 3.63) is 35.4 Å². The fourth-order valence-electron chi connectivity index (χ4n) is 1.15. The lowest BCUT2D eigenvalue weighted by Crippen LogP contribution is -1.99. The molecule has 0 atom stereocenters. The van der Waals surface area contributed by atoms with Crippen LogP contribution >= 0.6 is 0 Å². The van der Waals surface area contributed by atoms with Crippen molar-refractivity contribution in [1.29, 1.82) is 0 Å². The average molecular weight is 205 g/mol. The van der Waals surface area contributed by atoms with Gasteiger partial charge in [0, 0.05) is 17.3 Å². The Labute approximate surface area is 87.0 Å². The molecule has 4 nitrogen and oxygen atoms in total. The SMILES string of the molecule is CC(=O)c1cc(/C=C/C(=O)O)ccc1N. The van der Waals surface area contributed by atoms with Crippen LogP contribution in [0.4, 0.5) is 5.69 Å². The van der Waals surface area contributed by atoms with Crippen LogP contribution in [0, 0.1) is 0 Å². The van der Waals surface area contributed by atoms with E-state index in [9.17, 15) is 9.59 Å². The molecule has 1 aromatic rings. The van der Waals surface area contributed by atoms with Gasteiger partial charge >= 0.3 is 5.97 Å². The maximum atomic E-state index is 11.1. The van der Waals surface area contributed by atoms with E-state index in [1.165, 1.54) is 13.0 Å². The Morgan fingerprint density at radius 3 is 2.60 bits per heavy atom. The molecule has 0 saturated heterocycles. The van der Waals surface area contributed by atoms with Crippen LogP contribution in [0.5, 0.6) is 0 Å². The number of hydrogen-bond acceptors (Lipinski definition) is 3. The van der Waals surface area contributed by atoms with Gasteiger partial charge in [0.25, 0.3) is 0 Å². The normalized spacial score (nSPS) is 10.5. The maximum absolute atomic E-state index is 11.1. The molecule has 78 valence electrons. The molecule has 0 bridgehead atoms. The third-order valence-electron chi connectivity index (χ3n) is 1.88. The quantitative estimate of drug-likeness (QED) is 0.446. The van der Waals surface area contributed by atoms with Gasteiger partial charge in [0.1, 0.15) is 0 Å². The van der Waals surface area contributed by atoms with Gasteiger partial charge in [-0.25, -0.2) is 4.79 Å². The third-order valence-corrected chi connectivity index (χ3v) is 1.88. The molecule has 0 saturated carbocycles. The molecular weight excluding hydrogens is 194 g/mol. The van der Waals surface area contributed by atoms with Crippen LogP contribution in [-0.2, 0) is 4.79 Å². The second-order valence-corrected chi connectivity index (χ2v) is 3.07. The summed E-state index contributed by atoms with van der Waals surface area (Å²) in [6, 6.07) is 4.80. The first-order valence-corrected chi connectivity index (χ1v) is 4.32. The van der Waals surface area contributed by atoms with Crippen LogP contribution in [0.15, 0.2) is 24.3 Å². The van der Waals surface area contributed by atoms with Gasteiger partial charge < -0.3 is 10.8 Å². The van der Waals surface area contributed by atoms with Gasteiger partial charge in [0.2, 0.25) is 0 Å². The highest BCUT2D eigenvalue weighted by molar-refractivity contribution is 5.99. The third kappa shape index (κ3) is 2.95. The van der Waals surface area contributed by atoms with E-state index in [0.29, 0.717) is 16.8 Å². The minimum atomic E-state index is -1.03. The zero-order chi connectivity index (χ0) is 11.4. The number of carbonyl (C=O) groups excluding carboxylic acids is 1. The van der Waals surface area contributed by atoms with Crippen LogP contribution in [0.1, 0.15) is 22.8 Å². The molecule has 0 radical (unpaired) electrons. The molecule has 0 fully saturated rings. The highest BCUT2D eigenvalue weighted by Crippen LogP contribution is 2.15. The Morgan fingerprint density at radius 1 is 1.40 bits per heavy atom. The summed E-state index contributed by atoms with van der Waals surface area (Å²) in [4.78, 5) is 21.4. The molecule has 0 aliphatic rings. The second kappa shape index (κ2) is 4.41. The number of nitrogens with two attached hydrogens (primary N) is 1. The Hall–Kier alpha value is -2.10. The van der Waals surface area contributed by atoms with E-state index < -0.39 is 5.97 Å². The lowest BCUT2D eigenvalue weighted by atomic mass is 10.1. The van der Waals surface area contributed by atoms with Gasteiger partial charge in [0.05, 0.1) is 0 Å². The predicted molar refractivity (Wildman–Crippen MR) is 57.5 cm³/mol. The Balaban J connectivity index is 3.08. The molecule has 0 unspecified atom stereocenters. The number of carboxylic acid groups (broad SMARTS) is 1. The molecule has 1 rings (SSSR count). The van der Waals surface area contributed by atoms with Crippen LogP contribution in [0.3, 0.4) is 0 Å². The molecule has 0 heterocycles. The minimum Gasteiger partial charge on any atom is -0.478 e. The molecule has 0 aliphatic carbocycles. The molecule has 4 heteroatoms. The van der Waals surface area contributed by atoms with Crippen LogP contribution in [0.2, 0.25) is 0 Å². The highest BCUT2D eigenvalue weighted by Gasteiger charge is 2.04. The van der Waals surface area contributed by atoms with Gasteiger partial charge in [-0.1, -0.05) is 6.07 Å². The summed E-state index contributed by atoms with van der Waals surface area (Å²) in [5.74, 6) is -1.17. The van der Waals surface area contributed by atoms with E-state index >= 15 is 0 Å². The minimum absolute atomic E-state index is 0.141. The lowest BCUT2D eigenvalue weighted by molar-refractivity contribution is -0.131. The van der Waals surface area contributed by atoms with Gasteiger partial charge in [-0.3, -0.25) is 4.79 Å². The van der Waals surface area contributed by atoms with E-state index in [-0.39, 0.29) is 5.78 Å². The first-order chi connectivity index (χ1) is 7.00.